The number of ether oxygens (including phenoxy) is 1. The molecule has 2 aliphatic rings. The number of carbonyl (C=O) groups is 1. The van der Waals surface area contributed by atoms with Crippen molar-refractivity contribution in [1.29, 1.82) is 0 Å². The fourth-order valence-electron chi connectivity index (χ4n) is 2.10. The van der Waals surface area contributed by atoms with Crippen LogP contribution in [0.2, 0.25) is 0 Å². The summed E-state index contributed by atoms with van der Waals surface area (Å²) in [4.78, 5) is 12.9. The topological polar surface area (TPSA) is 50.4 Å². The summed E-state index contributed by atoms with van der Waals surface area (Å²) < 4.78 is 6.21. The minimum atomic E-state index is -0.248. The molecule has 1 amide bonds. The van der Waals surface area contributed by atoms with E-state index in [-0.39, 0.29) is 11.9 Å². The first-order chi connectivity index (χ1) is 8.69. The third kappa shape index (κ3) is 2.07. The van der Waals surface area contributed by atoms with Crippen LogP contribution in [0.25, 0.3) is 0 Å². The molecule has 0 bridgehead atoms. The second-order valence-corrected chi connectivity index (χ2v) is 6.55. The minimum Gasteiger partial charge on any atom is -0.379 e. The quantitative estimate of drug-likeness (QED) is 0.892. The summed E-state index contributed by atoms with van der Waals surface area (Å²) >= 11 is 5.37. The van der Waals surface area contributed by atoms with Crippen LogP contribution in [0, 0.1) is 0 Å². The molecule has 0 aromatic heterocycles. The maximum atomic E-state index is 11.8. The zero-order valence-corrected chi connectivity index (χ0v) is 12.2. The van der Waals surface area contributed by atoms with Crippen LogP contribution >= 0.6 is 27.7 Å². The second kappa shape index (κ2) is 4.85. The van der Waals surface area contributed by atoms with Gasteiger partial charge >= 0.3 is 0 Å². The molecule has 1 fully saturated rings. The SMILES string of the molecule is CNC1C(=O)Nc2cc(SC3COC3)c(Br)cc21. The van der Waals surface area contributed by atoms with Crippen molar-refractivity contribution >= 4 is 39.3 Å². The van der Waals surface area contributed by atoms with Gasteiger partial charge in [-0.15, -0.1) is 11.8 Å². The Balaban J connectivity index is 1.91. The molecule has 0 radical (unpaired) electrons. The molecular formula is C12H13BrN2O2S. The summed E-state index contributed by atoms with van der Waals surface area (Å²) in [6.07, 6.45) is 0. The van der Waals surface area contributed by atoms with Gasteiger partial charge in [-0.25, -0.2) is 0 Å². The first kappa shape index (κ1) is 12.5. The minimum absolute atomic E-state index is 0.00790. The molecule has 2 heterocycles. The van der Waals surface area contributed by atoms with Crippen LogP contribution in [0.3, 0.4) is 0 Å². The van der Waals surface area contributed by atoms with Crippen molar-refractivity contribution in [1.82, 2.24) is 5.32 Å². The van der Waals surface area contributed by atoms with Gasteiger partial charge in [-0.05, 0) is 35.1 Å². The first-order valence-electron chi connectivity index (χ1n) is 5.75. The Kier molecular flexibility index (Phi) is 3.36. The zero-order valence-electron chi connectivity index (χ0n) is 9.83. The van der Waals surface area contributed by atoms with Crippen molar-refractivity contribution in [3.05, 3.63) is 22.2 Å². The van der Waals surface area contributed by atoms with Crippen molar-refractivity contribution in [2.75, 3.05) is 25.6 Å². The average Bonchev–Trinajstić information content (AvgIpc) is 2.58. The van der Waals surface area contributed by atoms with Gasteiger partial charge in [-0.1, -0.05) is 0 Å². The van der Waals surface area contributed by atoms with E-state index < -0.39 is 0 Å². The van der Waals surface area contributed by atoms with Gasteiger partial charge in [0.2, 0.25) is 5.91 Å². The third-order valence-corrected chi connectivity index (χ3v) is 5.24. The molecular weight excluding hydrogens is 316 g/mol. The molecule has 1 unspecified atom stereocenters. The summed E-state index contributed by atoms with van der Waals surface area (Å²) in [5.41, 5.74) is 1.91. The van der Waals surface area contributed by atoms with E-state index in [2.05, 4.69) is 26.6 Å². The molecule has 3 rings (SSSR count). The van der Waals surface area contributed by atoms with Crippen molar-refractivity contribution < 1.29 is 9.53 Å². The molecule has 1 atom stereocenters. The van der Waals surface area contributed by atoms with Gasteiger partial charge < -0.3 is 15.4 Å². The number of halogens is 1. The van der Waals surface area contributed by atoms with Crippen LogP contribution in [-0.4, -0.2) is 31.4 Å². The molecule has 4 nitrogen and oxygen atoms in total. The number of likely N-dealkylation sites (N-methyl/N-ethyl adjacent to an activating group) is 1. The van der Waals surface area contributed by atoms with Crippen LogP contribution < -0.4 is 10.6 Å². The molecule has 0 aliphatic carbocycles. The summed E-state index contributed by atoms with van der Waals surface area (Å²) in [5.74, 6) is 0.00790. The van der Waals surface area contributed by atoms with Crippen LogP contribution in [0.1, 0.15) is 11.6 Å². The summed E-state index contributed by atoms with van der Waals surface area (Å²) in [5, 5.41) is 6.45. The van der Waals surface area contributed by atoms with E-state index in [1.165, 1.54) is 0 Å². The number of rotatable bonds is 3. The van der Waals surface area contributed by atoms with E-state index in [1.807, 2.05) is 12.1 Å². The molecule has 6 heteroatoms. The maximum absolute atomic E-state index is 11.8. The predicted molar refractivity (Wildman–Crippen MR) is 75.0 cm³/mol. The Bertz CT molecular complexity index is 505. The largest absolute Gasteiger partial charge is 0.379 e. The van der Waals surface area contributed by atoms with Crippen molar-refractivity contribution in [2.45, 2.75) is 16.2 Å². The Hall–Kier alpha value is -0.560. The third-order valence-electron chi connectivity index (χ3n) is 3.12. The van der Waals surface area contributed by atoms with Gasteiger partial charge in [0, 0.05) is 20.6 Å². The smallest absolute Gasteiger partial charge is 0.246 e. The summed E-state index contributed by atoms with van der Waals surface area (Å²) in [7, 11) is 1.79. The first-order valence-corrected chi connectivity index (χ1v) is 7.42. The molecule has 2 aliphatic heterocycles. The average molecular weight is 329 g/mol. The monoisotopic (exact) mass is 328 g/mol. The number of thioether (sulfide) groups is 1. The van der Waals surface area contributed by atoms with Crippen molar-refractivity contribution in [3.63, 3.8) is 0 Å². The van der Waals surface area contributed by atoms with E-state index in [0.717, 1.165) is 33.8 Å². The van der Waals surface area contributed by atoms with Gasteiger partial charge in [0.1, 0.15) is 6.04 Å². The van der Waals surface area contributed by atoms with Crippen LogP contribution in [0.4, 0.5) is 5.69 Å². The number of hydrogen-bond donors (Lipinski definition) is 2. The van der Waals surface area contributed by atoms with E-state index in [0.29, 0.717) is 5.25 Å². The van der Waals surface area contributed by atoms with E-state index >= 15 is 0 Å². The highest BCUT2D eigenvalue weighted by Gasteiger charge is 2.31. The van der Waals surface area contributed by atoms with Gasteiger partial charge in [0.25, 0.3) is 0 Å². The Morgan fingerprint density at radius 1 is 1.50 bits per heavy atom. The number of amides is 1. The highest BCUT2D eigenvalue weighted by atomic mass is 79.9. The summed E-state index contributed by atoms with van der Waals surface area (Å²) in [6.45, 7) is 1.61. The number of fused-ring (bicyclic) bond motifs is 1. The number of benzene rings is 1. The van der Waals surface area contributed by atoms with Gasteiger partial charge in [-0.2, -0.15) is 0 Å². The number of nitrogens with one attached hydrogen (secondary N) is 2. The molecule has 1 aromatic carbocycles. The van der Waals surface area contributed by atoms with E-state index in [9.17, 15) is 4.79 Å². The molecule has 2 N–H and O–H groups in total. The van der Waals surface area contributed by atoms with E-state index in [4.69, 9.17) is 4.74 Å². The molecule has 18 heavy (non-hydrogen) atoms. The highest BCUT2D eigenvalue weighted by molar-refractivity contribution is 9.10. The summed E-state index contributed by atoms with van der Waals surface area (Å²) in [6, 6.07) is 3.82. The normalized spacial score (nSPS) is 22.6. The molecule has 0 spiro atoms. The number of carbonyl (C=O) groups excluding carboxylic acids is 1. The van der Waals surface area contributed by atoms with Gasteiger partial charge in [0.15, 0.2) is 0 Å². The molecule has 96 valence electrons. The lowest BCUT2D eigenvalue weighted by molar-refractivity contribution is -0.117. The standard InChI is InChI=1S/C12H13BrN2O2S/c1-14-11-7-2-8(13)10(18-6-4-17-5-6)3-9(7)15-12(11)16/h2-3,6,11,14H,4-5H2,1H3,(H,15,16). The van der Waals surface area contributed by atoms with E-state index in [1.54, 1.807) is 18.8 Å². The Morgan fingerprint density at radius 3 is 2.89 bits per heavy atom. The highest BCUT2D eigenvalue weighted by Crippen LogP contribution is 2.41. The van der Waals surface area contributed by atoms with Crippen molar-refractivity contribution in [2.24, 2.45) is 0 Å². The Morgan fingerprint density at radius 2 is 2.28 bits per heavy atom. The Labute approximate surface area is 118 Å². The van der Waals surface area contributed by atoms with Crippen LogP contribution in [0.5, 0.6) is 0 Å². The lowest BCUT2D eigenvalue weighted by Gasteiger charge is -2.25. The van der Waals surface area contributed by atoms with Crippen LogP contribution in [-0.2, 0) is 9.53 Å². The molecule has 1 saturated heterocycles. The lowest BCUT2D eigenvalue weighted by atomic mass is 10.1. The number of anilines is 1. The fraction of sp³-hybridized carbons (Fsp3) is 0.417. The molecule has 0 saturated carbocycles. The van der Waals surface area contributed by atoms with Crippen molar-refractivity contribution in [3.8, 4) is 0 Å². The van der Waals surface area contributed by atoms with Gasteiger partial charge in [-0.3, -0.25) is 4.79 Å². The zero-order chi connectivity index (χ0) is 12.7. The van der Waals surface area contributed by atoms with Gasteiger partial charge in [0.05, 0.1) is 18.5 Å². The molecule has 1 aromatic rings. The number of hydrogen-bond acceptors (Lipinski definition) is 4. The maximum Gasteiger partial charge on any atom is 0.246 e. The fourth-order valence-corrected chi connectivity index (χ4v) is 3.79. The second-order valence-electron chi connectivity index (χ2n) is 4.36. The lowest BCUT2D eigenvalue weighted by Crippen LogP contribution is -2.30. The predicted octanol–water partition coefficient (Wildman–Crippen LogP) is 2.15. The van der Waals surface area contributed by atoms with Crippen LogP contribution in [0.15, 0.2) is 21.5 Å².